The molecule has 4 aromatic carbocycles. The van der Waals surface area contributed by atoms with E-state index in [0.29, 0.717) is 29.6 Å². The van der Waals surface area contributed by atoms with E-state index in [-0.39, 0.29) is 11.1 Å². The molecular formula is C34H26F6N2O. The summed E-state index contributed by atoms with van der Waals surface area (Å²) in [4.78, 5) is 8.93. The molecule has 5 aromatic rings. The van der Waals surface area contributed by atoms with Crippen LogP contribution in [0, 0.1) is 23.3 Å². The summed E-state index contributed by atoms with van der Waals surface area (Å²) < 4.78 is 89.7. The van der Waals surface area contributed by atoms with Gasteiger partial charge < -0.3 is 4.74 Å². The monoisotopic (exact) mass is 592 g/mol. The molecule has 0 fully saturated rings. The van der Waals surface area contributed by atoms with Crippen LogP contribution >= 0.6 is 0 Å². The lowest BCUT2D eigenvalue weighted by Gasteiger charge is -2.19. The van der Waals surface area contributed by atoms with E-state index in [1.807, 2.05) is 36.7 Å². The number of benzene rings is 4. The smallest absolute Gasteiger partial charge is 0.426 e. The van der Waals surface area contributed by atoms with E-state index in [0.717, 1.165) is 54.5 Å². The van der Waals surface area contributed by atoms with Crippen LogP contribution in [0.25, 0.3) is 33.6 Å². The van der Waals surface area contributed by atoms with Gasteiger partial charge in [0.25, 0.3) is 0 Å². The van der Waals surface area contributed by atoms with E-state index < -0.39 is 40.7 Å². The number of hydrogen-bond donors (Lipinski definition) is 0. The Hall–Kier alpha value is -4.66. The summed E-state index contributed by atoms with van der Waals surface area (Å²) in [6, 6.07) is 16.8. The Balaban J connectivity index is 1.26. The minimum atomic E-state index is -3.82. The Morgan fingerprint density at radius 2 is 1.23 bits per heavy atom. The zero-order valence-corrected chi connectivity index (χ0v) is 23.1. The summed E-state index contributed by atoms with van der Waals surface area (Å²) >= 11 is 0. The number of ether oxygens (including phenoxy) is 1. The van der Waals surface area contributed by atoms with Crippen molar-refractivity contribution in [1.29, 1.82) is 0 Å². The summed E-state index contributed by atoms with van der Waals surface area (Å²) in [6.45, 7) is 2.16. The maximum atomic E-state index is 14.9. The predicted octanol–water partition coefficient (Wildman–Crippen LogP) is 9.89. The average molecular weight is 593 g/mol. The third-order valence-corrected chi connectivity index (χ3v) is 6.95. The van der Waals surface area contributed by atoms with Crippen molar-refractivity contribution in [1.82, 2.24) is 9.97 Å². The van der Waals surface area contributed by atoms with Crippen molar-refractivity contribution < 1.29 is 31.1 Å². The lowest BCUT2D eigenvalue weighted by atomic mass is 10.0. The van der Waals surface area contributed by atoms with Gasteiger partial charge in [0.1, 0.15) is 11.6 Å². The highest BCUT2D eigenvalue weighted by Crippen LogP contribution is 2.35. The van der Waals surface area contributed by atoms with Crippen LogP contribution in [0.1, 0.15) is 37.3 Å². The molecule has 0 N–H and O–H groups in total. The van der Waals surface area contributed by atoms with Gasteiger partial charge in [-0.15, -0.1) is 0 Å². The van der Waals surface area contributed by atoms with Crippen LogP contribution in [0.4, 0.5) is 26.3 Å². The van der Waals surface area contributed by atoms with E-state index in [2.05, 4.69) is 16.9 Å². The van der Waals surface area contributed by atoms with Crippen molar-refractivity contribution in [3.05, 3.63) is 126 Å². The number of aromatic nitrogens is 2. The second kappa shape index (κ2) is 12.7. The van der Waals surface area contributed by atoms with Crippen molar-refractivity contribution in [3.8, 4) is 39.4 Å². The number of nitrogens with zero attached hydrogens (tertiary/aromatic N) is 2. The lowest BCUT2D eigenvalue weighted by molar-refractivity contribution is -0.185. The molecule has 1 heterocycles. The molecule has 0 spiro atoms. The average Bonchev–Trinajstić information content (AvgIpc) is 3.00. The molecule has 43 heavy (non-hydrogen) atoms. The van der Waals surface area contributed by atoms with Gasteiger partial charge in [0, 0.05) is 29.6 Å². The Morgan fingerprint density at radius 3 is 1.81 bits per heavy atom. The van der Waals surface area contributed by atoms with Crippen molar-refractivity contribution in [2.45, 2.75) is 38.7 Å². The first-order valence-corrected chi connectivity index (χ1v) is 13.7. The van der Waals surface area contributed by atoms with Gasteiger partial charge in [-0.2, -0.15) is 8.78 Å². The number of aryl methyl sites for hydroxylation is 1. The summed E-state index contributed by atoms with van der Waals surface area (Å²) in [5.74, 6) is -5.69. The van der Waals surface area contributed by atoms with Crippen molar-refractivity contribution >= 4 is 0 Å². The minimum Gasteiger partial charge on any atom is -0.429 e. The van der Waals surface area contributed by atoms with Crippen LogP contribution in [-0.4, -0.2) is 9.97 Å². The van der Waals surface area contributed by atoms with E-state index in [4.69, 9.17) is 4.74 Å². The zero-order chi connectivity index (χ0) is 30.6. The topological polar surface area (TPSA) is 35.0 Å². The SMILES string of the molecule is CCCCCc1cnc(-c2ccc(-c3ccc(C(F)(F)Oc4ccc(-c5cc(F)c(F)c(F)c5)c(F)c4)cc3)cc2)nc1. The second-order valence-electron chi connectivity index (χ2n) is 10.0. The standard InChI is InChI=1S/C34H26F6N2O/c1-2-3-4-5-21-19-41-33(42-20-21)24-8-6-22(7-9-24)23-10-12-26(13-11-23)34(39,40)43-27-14-15-28(29(35)18-27)25-16-30(36)32(38)31(37)17-25/h6-20H,2-5H2,1H3. The van der Waals surface area contributed by atoms with Gasteiger partial charge in [0.2, 0.25) is 0 Å². The fraction of sp³-hybridized carbons (Fsp3) is 0.176. The highest BCUT2D eigenvalue weighted by molar-refractivity contribution is 5.68. The molecule has 3 nitrogen and oxygen atoms in total. The molecule has 1 aromatic heterocycles. The van der Waals surface area contributed by atoms with E-state index >= 15 is 0 Å². The van der Waals surface area contributed by atoms with E-state index in [1.165, 1.54) is 24.3 Å². The molecule has 0 unspecified atom stereocenters. The Labute approximate surface area is 244 Å². The highest BCUT2D eigenvalue weighted by atomic mass is 19.3. The van der Waals surface area contributed by atoms with Crippen LogP contribution in [-0.2, 0) is 12.5 Å². The van der Waals surface area contributed by atoms with Crippen molar-refractivity contribution in [2.24, 2.45) is 0 Å². The Bertz CT molecular complexity index is 1680. The molecule has 0 amide bonds. The van der Waals surface area contributed by atoms with Gasteiger partial charge in [-0.1, -0.05) is 56.2 Å². The molecule has 220 valence electrons. The molecule has 0 atom stereocenters. The fourth-order valence-electron chi connectivity index (χ4n) is 4.59. The van der Waals surface area contributed by atoms with Crippen LogP contribution in [0.2, 0.25) is 0 Å². The molecule has 5 rings (SSSR count). The van der Waals surface area contributed by atoms with Gasteiger partial charge in [-0.25, -0.2) is 27.5 Å². The molecule has 0 aliphatic rings. The summed E-state index contributed by atoms with van der Waals surface area (Å²) in [5, 5.41) is 0. The maximum absolute atomic E-state index is 14.9. The third-order valence-electron chi connectivity index (χ3n) is 6.95. The first kappa shape index (κ1) is 29.8. The Kier molecular flexibility index (Phi) is 8.80. The van der Waals surface area contributed by atoms with Gasteiger partial charge >= 0.3 is 6.11 Å². The minimum absolute atomic E-state index is 0.293. The van der Waals surface area contributed by atoms with Gasteiger partial charge in [0.15, 0.2) is 23.3 Å². The lowest BCUT2D eigenvalue weighted by Crippen LogP contribution is -2.21. The molecule has 0 radical (unpaired) electrons. The van der Waals surface area contributed by atoms with Crippen LogP contribution in [0.15, 0.2) is 91.3 Å². The summed E-state index contributed by atoms with van der Waals surface area (Å²) in [7, 11) is 0. The van der Waals surface area contributed by atoms with E-state index in [1.54, 1.807) is 0 Å². The molecule has 0 saturated heterocycles. The summed E-state index contributed by atoms with van der Waals surface area (Å²) in [6.07, 6.45) is 4.21. The van der Waals surface area contributed by atoms with Gasteiger partial charge in [-0.05, 0) is 71.5 Å². The number of halogens is 6. The molecule has 0 bridgehead atoms. The third kappa shape index (κ3) is 6.88. The van der Waals surface area contributed by atoms with Crippen molar-refractivity contribution in [2.75, 3.05) is 0 Å². The second-order valence-corrected chi connectivity index (χ2v) is 10.0. The number of rotatable bonds is 10. The van der Waals surface area contributed by atoms with Crippen LogP contribution in [0.5, 0.6) is 5.75 Å². The quantitative estimate of drug-likeness (QED) is 0.0920. The zero-order valence-electron chi connectivity index (χ0n) is 23.1. The molecule has 0 aliphatic carbocycles. The number of alkyl halides is 2. The number of hydrogen-bond acceptors (Lipinski definition) is 3. The van der Waals surface area contributed by atoms with Crippen molar-refractivity contribution in [3.63, 3.8) is 0 Å². The van der Waals surface area contributed by atoms with Gasteiger partial charge in [-0.3, -0.25) is 0 Å². The normalized spacial score (nSPS) is 11.5. The number of unbranched alkanes of at least 4 members (excludes halogenated alkanes) is 2. The highest BCUT2D eigenvalue weighted by Gasteiger charge is 2.34. The first-order chi connectivity index (χ1) is 20.6. The summed E-state index contributed by atoms with van der Waals surface area (Å²) in [5.41, 5.74) is 2.33. The molecule has 0 aliphatic heterocycles. The fourth-order valence-corrected chi connectivity index (χ4v) is 4.59. The maximum Gasteiger partial charge on any atom is 0.426 e. The predicted molar refractivity (Wildman–Crippen MR) is 152 cm³/mol. The van der Waals surface area contributed by atoms with Gasteiger partial charge in [0.05, 0.1) is 5.56 Å². The van der Waals surface area contributed by atoms with Crippen LogP contribution in [0.3, 0.4) is 0 Å². The van der Waals surface area contributed by atoms with E-state index in [9.17, 15) is 26.3 Å². The molecular weight excluding hydrogens is 566 g/mol. The Morgan fingerprint density at radius 1 is 0.651 bits per heavy atom. The van der Waals surface area contributed by atoms with Crippen LogP contribution < -0.4 is 4.74 Å². The molecule has 9 heteroatoms. The largest absolute Gasteiger partial charge is 0.429 e. The molecule has 0 saturated carbocycles. The first-order valence-electron chi connectivity index (χ1n) is 13.7.